The van der Waals surface area contributed by atoms with Gasteiger partial charge in [-0.3, -0.25) is 0 Å². The number of ether oxygens (including phenoxy) is 4. The molecule has 0 unspecified atom stereocenters. The third kappa shape index (κ3) is 3.52. The van der Waals surface area contributed by atoms with Crippen molar-refractivity contribution < 1.29 is 23.9 Å². The van der Waals surface area contributed by atoms with Crippen LogP contribution >= 0.6 is 0 Å². The van der Waals surface area contributed by atoms with Crippen molar-refractivity contribution in [2.75, 3.05) is 35.0 Å². The van der Waals surface area contributed by atoms with Crippen LogP contribution in [-0.4, -0.2) is 40.7 Å². The fourth-order valence-corrected chi connectivity index (χ4v) is 3.09. The van der Waals surface area contributed by atoms with Gasteiger partial charge in [0.05, 0.1) is 34.0 Å². The van der Waals surface area contributed by atoms with Crippen molar-refractivity contribution in [1.29, 1.82) is 0 Å². The summed E-state index contributed by atoms with van der Waals surface area (Å²) in [5, 5.41) is 0. The minimum absolute atomic E-state index is 0.711. The van der Waals surface area contributed by atoms with Crippen LogP contribution in [0, 0.1) is 0 Å². The van der Waals surface area contributed by atoms with Gasteiger partial charge in [0.15, 0.2) is 23.0 Å². The van der Waals surface area contributed by atoms with Crippen molar-refractivity contribution >= 4 is 11.8 Å². The van der Waals surface area contributed by atoms with Crippen LogP contribution in [0.25, 0.3) is 6.08 Å². The highest BCUT2D eigenvalue weighted by molar-refractivity contribution is 6.08. The lowest BCUT2D eigenvalue weighted by Crippen LogP contribution is -2.75. The molecule has 5 nitrogen and oxygen atoms in total. The molecule has 1 aliphatic heterocycles. The van der Waals surface area contributed by atoms with Crippen molar-refractivity contribution in [3.63, 3.8) is 0 Å². The van der Waals surface area contributed by atoms with E-state index in [4.69, 9.17) is 18.9 Å². The molecule has 5 heteroatoms. The molecule has 0 fully saturated rings. The topological polar surface area (TPSA) is 50.9 Å². The number of benzene rings is 2. The number of allylic oxidation sites excluding steroid dienone is 1. The maximum absolute atomic E-state index is 5.45. The summed E-state index contributed by atoms with van der Waals surface area (Å²) in [6.45, 7) is 0.883. The summed E-state index contributed by atoms with van der Waals surface area (Å²) in [5.74, 6) is 2.92. The Morgan fingerprint density at radius 3 is 2.12 bits per heavy atom. The molecular weight excluding hydrogens is 330 g/mol. The molecule has 0 saturated carbocycles. The lowest BCUT2D eigenvalue weighted by molar-refractivity contribution is -0.456. The van der Waals surface area contributed by atoms with Gasteiger partial charge in [0.25, 0.3) is 0 Å². The second-order valence-electron chi connectivity index (χ2n) is 5.90. The summed E-state index contributed by atoms with van der Waals surface area (Å²) in [5.41, 5.74) is 4.46. The van der Waals surface area contributed by atoms with E-state index in [0.29, 0.717) is 5.75 Å². The van der Waals surface area contributed by atoms with Crippen LogP contribution in [0.5, 0.6) is 23.0 Å². The first-order valence-electron chi connectivity index (χ1n) is 8.46. The van der Waals surface area contributed by atoms with Crippen LogP contribution in [0.2, 0.25) is 0 Å². The smallest absolute Gasteiger partial charge is 0.206 e. The van der Waals surface area contributed by atoms with E-state index in [1.54, 1.807) is 28.4 Å². The summed E-state index contributed by atoms with van der Waals surface area (Å²) >= 11 is 0. The fourth-order valence-electron chi connectivity index (χ4n) is 3.09. The zero-order chi connectivity index (χ0) is 18.5. The van der Waals surface area contributed by atoms with Crippen LogP contribution in [-0.2, 0) is 6.42 Å². The first-order valence-corrected chi connectivity index (χ1v) is 8.46. The maximum atomic E-state index is 5.45. The molecule has 136 valence electrons. The van der Waals surface area contributed by atoms with Gasteiger partial charge in [-0.25, -0.2) is 4.99 Å². The second kappa shape index (κ2) is 7.95. The van der Waals surface area contributed by atoms with Gasteiger partial charge in [0.2, 0.25) is 5.71 Å². The van der Waals surface area contributed by atoms with Crippen LogP contribution in [0.4, 0.5) is 0 Å². The number of rotatable bonds is 6. The molecule has 26 heavy (non-hydrogen) atoms. The highest BCUT2D eigenvalue weighted by atomic mass is 16.5. The third-order valence-electron chi connectivity index (χ3n) is 4.46. The summed E-state index contributed by atoms with van der Waals surface area (Å²) < 4.78 is 21.5. The van der Waals surface area contributed by atoms with Crippen molar-refractivity contribution in [1.82, 2.24) is 0 Å². The zero-order valence-electron chi connectivity index (χ0n) is 15.6. The van der Waals surface area contributed by atoms with E-state index in [1.807, 2.05) is 24.3 Å². The van der Waals surface area contributed by atoms with Gasteiger partial charge in [-0.1, -0.05) is 6.07 Å². The molecule has 0 spiro atoms. The molecule has 0 radical (unpaired) electrons. The average molecular weight is 354 g/mol. The van der Waals surface area contributed by atoms with E-state index in [1.165, 1.54) is 5.56 Å². The number of methoxy groups -OCH3 is 4. The molecule has 3 rings (SSSR count). The van der Waals surface area contributed by atoms with E-state index in [2.05, 4.69) is 23.2 Å². The molecule has 1 N–H and O–H groups in total. The van der Waals surface area contributed by atoms with E-state index in [9.17, 15) is 0 Å². The van der Waals surface area contributed by atoms with Gasteiger partial charge < -0.3 is 18.9 Å². The Hall–Kier alpha value is -2.95. The Kier molecular flexibility index (Phi) is 5.46. The van der Waals surface area contributed by atoms with Crippen molar-refractivity contribution in [2.24, 2.45) is 0 Å². The number of nitrogens with one attached hydrogen (secondary N) is 1. The standard InChI is InChI=1S/C21H23NO4/c1-23-18-8-6-14(11-19(18)24-2)5-7-17-16-13-21(26-4)20(25-3)12-15(16)9-10-22-17/h5-8,11-13H,9-10H2,1-4H3/p+1/b7-5+. The zero-order valence-corrected chi connectivity index (χ0v) is 15.6. The molecule has 0 bridgehead atoms. The summed E-state index contributed by atoms with van der Waals surface area (Å²) in [4.78, 5) is 3.46. The van der Waals surface area contributed by atoms with Crippen LogP contribution in [0.15, 0.2) is 36.4 Å². The first-order chi connectivity index (χ1) is 12.7. The Morgan fingerprint density at radius 2 is 1.42 bits per heavy atom. The van der Waals surface area contributed by atoms with E-state index < -0.39 is 0 Å². The molecule has 0 aromatic heterocycles. The molecule has 1 heterocycles. The van der Waals surface area contributed by atoms with E-state index in [0.717, 1.165) is 47.1 Å². The number of fused-ring (bicyclic) bond motifs is 1. The lowest BCUT2D eigenvalue weighted by atomic mass is 9.96. The third-order valence-corrected chi connectivity index (χ3v) is 4.46. The van der Waals surface area contributed by atoms with Gasteiger partial charge in [-0.15, -0.1) is 0 Å². The minimum atomic E-state index is 0.711. The Balaban J connectivity index is 1.92. The first kappa shape index (κ1) is 17.9. The van der Waals surface area contributed by atoms with Gasteiger partial charge in [0.1, 0.15) is 6.54 Å². The highest BCUT2D eigenvalue weighted by Crippen LogP contribution is 2.32. The Labute approximate surface area is 153 Å². The molecule has 2 aromatic rings. The van der Waals surface area contributed by atoms with Gasteiger partial charge in [0, 0.05) is 12.5 Å². The largest absolute Gasteiger partial charge is 0.493 e. The Morgan fingerprint density at radius 1 is 0.769 bits per heavy atom. The van der Waals surface area contributed by atoms with Crippen LogP contribution in [0.3, 0.4) is 0 Å². The van der Waals surface area contributed by atoms with E-state index in [-0.39, 0.29) is 0 Å². The van der Waals surface area contributed by atoms with Crippen LogP contribution in [0.1, 0.15) is 16.7 Å². The summed E-state index contributed by atoms with van der Waals surface area (Å²) in [6, 6.07) is 9.93. The lowest BCUT2D eigenvalue weighted by Gasteiger charge is -2.15. The average Bonchev–Trinajstić information content (AvgIpc) is 2.70. The summed E-state index contributed by atoms with van der Waals surface area (Å²) in [7, 11) is 6.58. The maximum Gasteiger partial charge on any atom is 0.206 e. The van der Waals surface area contributed by atoms with Crippen molar-refractivity contribution in [2.45, 2.75) is 6.42 Å². The number of hydrogen-bond donors (Lipinski definition) is 1. The Bertz CT molecular complexity index is 855. The molecular formula is C21H24NO4+. The SMILES string of the molecule is COc1ccc(/C=C/C2=[NH+]CCc3cc(OC)c(OC)cc32)cc1OC. The molecule has 0 atom stereocenters. The quantitative estimate of drug-likeness (QED) is 0.860. The molecule has 0 amide bonds. The fraction of sp³-hybridized carbons (Fsp3) is 0.286. The predicted molar refractivity (Wildman–Crippen MR) is 102 cm³/mol. The van der Waals surface area contributed by atoms with Crippen molar-refractivity contribution in [3.8, 4) is 23.0 Å². The van der Waals surface area contributed by atoms with Crippen LogP contribution < -0.4 is 23.9 Å². The predicted octanol–water partition coefficient (Wildman–Crippen LogP) is 1.86. The highest BCUT2D eigenvalue weighted by Gasteiger charge is 2.21. The molecule has 1 aliphatic rings. The van der Waals surface area contributed by atoms with Gasteiger partial charge >= 0.3 is 0 Å². The van der Waals surface area contributed by atoms with Gasteiger partial charge in [-0.05, 0) is 41.5 Å². The van der Waals surface area contributed by atoms with Crippen molar-refractivity contribution in [3.05, 3.63) is 53.1 Å². The second-order valence-corrected chi connectivity index (χ2v) is 5.90. The van der Waals surface area contributed by atoms with E-state index >= 15 is 0 Å². The molecule has 0 saturated heterocycles. The van der Waals surface area contributed by atoms with Gasteiger partial charge in [-0.2, -0.15) is 0 Å². The normalized spacial score (nSPS) is 13.2. The minimum Gasteiger partial charge on any atom is -0.493 e. The molecule has 2 aromatic carbocycles. The number of hydrogen-bond acceptors (Lipinski definition) is 4. The molecule has 0 aliphatic carbocycles. The summed E-state index contributed by atoms with van der Waals surface area (Å²) in [6.07, 6.45) is 5.07. The monoisotopic (exact) mass is 354 g/mol.